The molecule has 0 aromatic rings. The van der Waals surface area contributed by atoms with Crippen molar-refractivity contribution in [2.24, 2.45) is 5.73 Å². The van der Waals surface area contributed by atoms with Crippen LogP contribution in [0.4, 0.5) is 0 Å². The third-order valence-corrected chi connectivity index (χ3v) is 1.43. The maximum atomic E-state index is 10.7. The summed E-state index contributed by atoms with van der Waals surface area (Å²) >= 11 is 0. The van der Waals surface area contributed by atoms with E-state index in [1.54, 1.807) is 5.01 Å². The number of nitrogens with one attached hydrogen (secondary N) is 2. The number of carbonyl (C=O) groups is 1. The summed E-state index contributed by atoms with van der Waals surface area (Å²) in [4.78, 5) is 10.7. The molecule has 1 aliphatic rings. The molecule has 1 amide bonds. The minimum absolute atomic E-state index is 0.186. The van der Waals surface area contributed by atoms with Crippen molar-refractivity contribution in [2.75, 3.05) is 0 Å². The molecular weight excluding hydrogens is 132 g/mol. The van der Waals surface area contributed by atoms with Gasteiger partial charge >= 0.3 is 0 Å². The summed E-state index contributed by atoms with van der Waals surface area (Å²) in [7, 11) is 0. The average Bonchev–Trinajstić information content (AvgIpc) is 2.14. The van der Waals surface area contributed by atoms with Gasteiger partial charge in [-0.3, -0.25) is 10.2 Å². The molecule has 1 aliphatic heterocycles. The average molecular weight is 144 g/mol. The lowest BCUT2D eigenvalue weighted by molar-refractivity contribution is -0.121. The third kappa shape index (κ3) is 1.11. The van der Waals surface area contributed by atoms with E-state index in [0.29, 0.717) is 0 Å². The molecule has 0 radical (unpaired) electrons. The van der Waals surface area contributed by atoms with Crippen molar-refractivity contribution in [2.45, 2.75) is 26.1 Å². The molecule has 1 heterocycles. The quantitative estimate of drug-likeness (QED) is 0.420. The first-order valence-corrected chi connectivity index (χ1v) is 3.22. The van der Waals surface area contributed by atoms with Crippen molar-refractivity contribution < 1.29 is 4.79 Å². The van der Waals surface area contributed by atoms with Crippen LogP contribution in [0.2, 0.25) is 0 Å². The predicted octanol–water partition coefficient (Wildman–Crippen LogP) is -1.47. The van der Waals surface area contributed by atoms with Crippen LogP contribution in [0, 0.1) is 0 Å². The number of hydrogen-bond acceptors (Lipinski definition) is 4. The Labute approximate surface area is 59.5 Å². The zero-order chi connectivity index (χ0) is 7.72. The molecule has 0 spiro atoms. The van der Waals surface area contributed by atoms with Gasteiger partial charge in [0.1, 0.15) is 0 Å². The lowest BCUT2D eigenvalue weighted by Crippen LogP contribution is -2.48. The van der Waals surface area contributed by atoms with Gasteiger partial charge in [-0.15, -0.1) is 0 Å². The summed E-state index contributed by atoms with van der Waals surface area (Å²) in [6.45, 7) is 3.90. The highest BCUT2D eigenvalue weighted by atomic mass is 16.2. The molecule has 0 aliphatic carbocycles. The molecule has 5 nitrogen and oxygen atoms in total. The van der Waals surface area contributed by atoms with E-state index >= 15 is 0 Å². The van der Waals surface area contributed by atoms with Gasteiger partial charge in [-0.2, -0.15) is 10.5 Å². The zero-order valence-corrected chi connectivity index (χ0v) is 6.09. The van der Waals surface area contributed by atoms with E-state index in [9.17, 15) is 4.79 Å². The fourth-order valence-corrected chi connectivity index (χ4v) is 0.840. The Hall–Kier alpha value is -0.650. The normalized spacial score (nSPS) is 27.6. The first-order chi connectivity index (χ1) is 4.63. The van der Waals surface area contributed by atoms with E-state index in [2.05, 4.69) is 11.0 Å². The fourth-order valence-electron chi connectivity index (χ4n) is 0.840. The van der Waals surface area contributed by atoms with Crippen LogP contribution in [0.3, 0.4) is 0 Å². The van der Waals surface area contributed by atoms with Crippen molar-refractivity contribution in [3.63, 3.8) is 0 Å². The van der Waals surface area contributed by atoms with Crippen molar-refractivity contribution in [3.8, 4) is 0 Å². The second kappa shape index (κ2) is 2.53. The molecule has 1 unspecified atom stereocenters. The topological polar surface area (TPSA) is 70.4 Å². The fraction of sp³-hybridized carbons (Fsp3) is 0.800. The number of nitrogens with two attached hydrogens (primary N) is 1. The minimum atomic E-state index is -0.556. The van der Waals surface area contributed by atoms with Gasteiger partial charge in [-0.1, -0.05) is 0 Å². The van der Waals surface area contributed by atoms with Crippen LogP contribution in [0.15, 0.2) is 0 Å². The molecule has 0 aromatic heterocycles. The maximum absolute atomic E-state index is 10.7. The van der Waals surface area contributed by atoms with Crippen LogP contribution in [-0.4, -0.2) is 23.1 Å². The molecule has 1 saturated heterocycles. The molecule has 1 atom stereocenters. The highest BCUT2D eigenvalue weighted by Crippen LogP contribution is 2.00. The third-order valence-electron chi connectivity index (χ3n) is 1.43. The lowest BCUT2D eigenvalue weighted by Gasteiger charge is -2.21. The summed E-state index contributed by atoms with van der Waals surface area (Å²) in [5, 5.41) is 1.66. The summed E-state index contributed by atoms with van der Waals surface area (Å²) < 4.78 is 0. The monoisotopic (exact) mass is 144 g/mol. The first-order valence-electron chi connectivity index (χ1n) is 3.22. The number of hydrazine groups is 2. The van der Waals surface area contributed by atoms with Gasteiger partial charge in [0.15, 0.2) is 6.17 Å². The van der Waals surface area contributed by atoms with E-state index in [-0.39, 0.29) is 11.9 Å². The largest absolute Gasteiger partial charge is 0.307 e. The van der Waals surface area contributed by atoms with Gasteiger partial charge in [0.2, 0.25) is 0 Å². The molecule has 5 heteroatoms. The number of hydrogen-bond donors (Lipinski definition) is 3. The molecule has 1 fully saturated rings. The maximum Gasteiger partial charge on any atom is 0.268 e. The van der Waals surface area contributed by atoms with E-state index in [1.165, 1.54) is 0 Å². The highest BCUT2D eigenvalue weighted by molar-refractivity contribution is 5.81. The Kier molecular flexibility index (Phi) is 1.89. The van der Waals surface area contributed by atoms with Gasteiger partial charge in [0.25, 0.3) is 5.91 Å². The predicted molar refractivity (Wildman–Crippen MR) is 36.2 cm³/mol. The van der Waals surface area contributed by atoms with Crippen LogP contribution < -0.4 is 16.7 Å². The molecule has 0 saturated carbocycles. The summed E-state index contributed by atoms with van der Waals surface area (Å²) in [5.74, 6) is -0.186. The van der Waals surface area contributed by atoms with E-state index in [1.807, 2.05) is 13.8 Å². The molecule has 0 aromatic carbocycles. The summed E-state index contributed by atoms with van der Waals surface area (Å²) in [6, 6.07) is 0.217. The van der Waals surface area contributed by atoms with Crippen LogP contribution in [0.25, 0.3) is 0 Å². The summed E-state index contributed by atoms with van der Waals surface area (Å²) in [5.41, 5.74) is 10.6. The van der Waals surface area contributed by atoms with Crippen LogP contribution in [0.5, 0.6) is 0 Å². The number of carbonyl (C=O) groups excluding carboxylic acids is 1. The standard InChI is InChI=1S/C5H12N4O/c1-3(2)9-4(6)5(10)7-8-9/h3-4,8H,6H2,1-2H3,(H,7,10). The molecule has 0 bridgehead atoms. The van der Waals surface area contributed by atoms with Crippen molar-refractivity contribution in [1.82, 2.24) is 16.0 Å². The Bertz CT molecular complexity index is 147. The van der Waals surface area contributed by atoms with Crippen LogP contribution in [0.1, 0.15) is 13.8 Å². The van der Waals surface area contributed by atoms with Gasteiger partial charge in [-0.05, 0) is 13.8 Å². The Morgan fingerprint density at radius 2 is 2.30 bits per heavy atom. The minimum Gasteiger partial charge on any atom is -0.307 e. The molecule has 10 heavy (non-hydrogen) atoms. The molecular formula is C5H12N4O. The second-order valence-electron chi connectivity index (χ2n) is 2.55. The molecule has 1 rings (SSSR count). The Balaban J connectivity index is 2.57. The lowest BCUT2D eigenvalue weighted by atomic mass is 10.3. The van der Waals surface area contributed by atoms with E-state index in [0.717, 1.165) is 0 Å². The van der Waals surface area contributed by atoms with Crippen LogP contribution in [-0.2, 0) is 4.79 Å². The highest BCUT2D eigenvalue weighted by Gasteiger charge is 2.30. The van der Waals surface area contributed by atoms with Crippen molar-refractivity contribution in [1.29, 1.82) is 0 Å². The first kappa shape index (κ1) is 7.46. The van der Waals surface area contributed by atoms with Crippen molar-refractivity contribution >= 4 is 5.91 Å². The van der Waals surface area contributed by atoms with Gasteiger partial charge in [-0.25, -0.2) is 0 Å². The van der Waals surface area contributed by atoms with E-state index in [4.69, 9.17) is 5.73 Å². The number of nitrogens with zero attached hydrogens (tertiary/aromatic N) is 1. The molecule has 4 N–H and O–H groups in total. The number of rotatable bonds is 1. The van der Waals surface area contributed by atoms with Gasteiger partial charge in [0.05, 0.1) is 0 Å². The summed E-state index contributed by atoms with van der Waals surface area (Å²) in [6.07, 6.45) is -0.556. The van der Waals surface area contributed by atoms with E-state index < -0.39 is 6.17 Å². The Morgan fingerprint density at radius 1 is 1.70 bits per heavy atom. The Morgan fingerprint density at radius 3 is 2.50 bits per heavy atom. The SMILES string of the molecule is CC(C)N1NNC(=O)C1N. The van der Waals surface area contributed by atoms with Crippen molar-refractivity contribution in [3.05, 3.63) is 0 Å². The van der Waals surface area contributed by atoms with Gasteiger partial charge in [0, 0.05) is 6.04 Å². The smallest absolute Gasteiger partial charge is 0.268 e. The zero-order valence-electron chi connectivity index (χ0n) is 6.09. The number of amides is 1. The van der Waals surface area contributed by atoms with Gasteiger partial charge < -0.3 is 5.73 Å². The molecule has 58 valence electrons. The second-order valence-corrected chi connectivity index (χ2v) is 2.55. The van der Waals surface area contributed by atoms with Crippen LogP contribution >= 0.6 is 0 Å².